The molecule has 0 unspecified atom stereocenters. The molecule has 0 bridgehead atoms. The van der Waals surface area contributed by atoms with Crippen LogP contribution in [0.2, 0.25) is 0 Å². The SMILES string of the molecule is O=C(O)C[C@@H]1COCCCN1Cc1ccccc1. The standard InChI is InChI=1S/C14H19NO3/c16-14(17)9-13-11-18-8-4-7-15(13)10-12-5-2-1-3-6-12/h1-3,5-6,13H,4,7-11H2,(H,16,17)/t13-/m1/s1. The van der Waals surface area contributed by atoms with Crippen molar-refractivity contribution >= 4 is 5.97 Å². The molecule has 1 atom stereocenters. The van der Waals surface area contributed by atoms with Crippen LogP contribution < -0.4 is 0 Å². The van der Waals surface area contributed by atoms with Crippen LogP contribution in [0.5, 0.6) is 0 Å². The lowest BCUT2D eigenvalue weighted by molar-refractivity contribution is -0.138. The second-order valence-corrected chi connectivity index (χ2v) is 4.64. The van der Waals surface area contributed by atoms with E-state index >= 15 is 0 Å². The average Bonchev–Trinajstić information content (AvgIpc) is 2.56. The molecule has 1 saturated heterocycles. The third-order valence-electron chi connectivity index (χ3n) is 3.20. The van der Waals surface area contributed by atoms with E-state index in [0.717, 1.165) is 26.1 Å². The first kappa shape index (κ1) is 13.1. The van der Waals surface area contributed by atoms with Gasteiger partial charge in [0.25, 0.3) is 0 Å². The first-order chi connectivity index (χ1) is 8.75. The number of carboxylic acid groups (broad SMARTS) is 1. The zero-order chi connectivity index (χ0) is 12.8. The van der Waals surface area contributed by atoms with Crippen molar-refractivity contribution in [2.24, 2.45) is 0 Å². The van der Waals surface area contributed by atoms with E-state index in [4.69, 9.17) is 9.84 Å². The van der Waals surface area contributed by atoms with E-state index in [-0.39, 0.29) is 12.5 Å². The first-order valence-electron chi connectivity index (χ1n) is 6.33. The highest BCUT2D eigenvalue weighted by molar-refractivity contribution is 5.67. The van der Waals surface area contributed by atoms with Crippen molar-refractivity contribution in [3.63, 3.8) is 0 Å². The molecular weight excluding hydrogens is 230 g/mol. The number of carboxylic acids is 1. The molecule has 4 heteroatoms. The average molecular weight is 249 g/mol. The van der Waals surface area contributed by atoms with Gasteiger partial charge in [0.05, 0.1) is 13.0 Å². The van der Waals surface area contributed by atoms with Gasteiger partial charge in [0.1, 0.15) is 0 Å². The van der Waals surface area contributed by atoms with Crippen LogP contribution in [0.1, 0.15) is 18.4 Å². The molecule has 4 nitrogen and oxygen atoms in total. The molecule has 1 aromatic carbocycles. The Kier molecular flexibility index (Phi) is 4.73. The summed E-state index contributed by atoms with van der Waals surface area (Å²) in [6.45, 7) is 2.93. The van der Waals surface area contributed by atoms with E-state index in [1.807, 2.05) is 18.2 Å². The maximum atomic E-state index is 10.9. The molecule has 1 aliphatic heterocycles. The highest BCUT2D eigenvalue weighted by Crippen LogP contribution is 2.15. The van der Waals surface area contributed by atoms with Gasteiger partial charge in [-0.1, -0.05) is 30.3 Å². The van der Waals surface area contributed by atoms with Crippen molar-refractivity contribution in [1.29, 1.82) is 0 Å². The van der Waals surface area contributed by atoms with Crippen molar-refractivity contribution < 1.29 is 14.6 Å². The monoisotopic (exact) mass is 249 g/mol. The molecule has 1 N–H and O–H groups in total. The Morgan fingerprint density at radius 2 is 2.17 bits per heavy atom. The quantitative estimate of drug-likeness (QED) is 0.883. The Bertz CT molecular complexity index is 380. The van der Waals surface area contributed by atoms with Crippen LogP contribution in [-0.2, 0) is 16.1 Å². The van der Waals surface area contributed by atoms with Gasteiger partial charge in [-0.2, -0.15) is 0 Å². The Hall–Kier alpha value is -1.39. The molecule has 0 spiro atoms. The number of carbonyl (C=O) groups is 1. The van der Waals surface area contributed by atoms with Gasteiger partial charge in [-0.05, 0) is 12.0 Å². The molecule has 2 rings (SSSR count). The molecule has 1 heterocycles. The lowest BCUT2D eigenvalue weighted by Crippen LogP contribution is -2.38. The van der Waals surface area contributed by atoms with Crippen molar-refractivity contribution in [3.8, 4) is 0 Å². The molecule has 0 radical (unpaired) electrons. The molecule has 1 aliphatic rings. The number of hydrogen-bond acceptors (Lipinski definition) is 3. The molecule has 98 valence electrons. The van der Waals surface area contributed by atoms with Gasteiger partial charge in [-0.3, -0.25) is 9.69 Å². The van der Waals surface area contributed by atoms with Gasteiger partial charge < -0.3 is 9.84 Å². The minimum atomic E-state index is -0.761. The number of ether oxygens (including phenoxy) is 1. The Labute approximate surface area is 107 Å². The summed E-state index contributed by atoms with van der Waals surface area (Å²) in [5, 5.41) is 8.96. The Morgan fingerprint density at radius 1 is 1.39 bits per heavy atom. The topological polar surface area (TPSA) is 49.8 Å². The van der Waals surface area contributed by atoms with E-state index in [2.05, 4.69) is 17.0 Å². The van der Waals surface area contributed by atoms with Crippen LogP contribution in [0.3, 0.4) is 0 Å². The molecular formula is C14H19NO3. The lowest BCUT2D eigenvalue weighted by atomic mass is 10.1. The van der Waals surface area contributed by atoms with Gasteiger partial charge >= 0.3 is 5.97 Å². The third-order valence-corrected chi connectivity index (χ3v) is 3.20. The zero-order valence-corrected chi connectivity index (χ0v) is 10.4. The van der Waals surface area contributed by atoms with Crippen LogP contribution in [0.25, 0.3) is 0 Å². The summed E-state index contributed by atoms with van der Waals surface area (Å²) in [4.78, 5) is 13.1. The number of rotatable bonds is 4. The lowest BCUT2D eigenvalue weighted by Gasteiger charge is -2.28. The van der Waals surface area contributed by atoms with Gasteiger partial charge in [0.2, 0.25) is 0 Å². The van der Waals surface area contributed by atoms with E-state index in [9.17, 15) is 4.79 Å². The number of aliphatic carboxylic acids is 1. The van der Waals surface area contributed by atoms with E-state index in [1.54, 1.807) is 0 Å². The van der Waals surface area contributed by atoms with Gasteiger partial charge in [0.15, 0.2) is 0 Å². The molecule has 18 heavy (non-hydrogen) atoms. The highest BCUT2D eigenvalue weighted by atomic mass is 16.5. The Balaban J connectivity index is 2.03. The van der Waals surface area contributed by atoms with E-state index in [0.29, 0.717) is 6.61 Å². The predicted molar refractivity (Wildman–Crippen MR) is 68.3 cm³/mol. The van der Waals surface area contributed by atoms with Crippen LogP contribution >= 0.6 is 0 Å². The second-order valence-electron chi connectivity index (χ2n) is 4.64. The normalized spacial score (nSPS) is 21.4. The fraction of sp³-hybridized carbons (Fsp3) is 0.500. The summed E-state index contributed by atoms with van der Waals surface area (Å²) < 4.78 is 5.47. The number of nitrogens with zero attached hydrogens (tertiary/aromatic N) is 1. The maximum Gasteiger partial charge on any atom is 0.305 e. The minimum absolute atomic E-state index is 0.0230. The van der Waals surface area contributed by atoms with Gasteiger partial charge in [-0.15, -0.1) is 0 Å². The highest BCUT2D eigenvalue weighted by Gasteiger charge is 2.23. The minimum Gasteiger partial charge on any atom is -0.481 e. The van der Waals surface area contributed by atoms with Gasteiger partial charge in [-0.25, -0.2) is 0 Å². The van der Waals surface area contributed by atoms with E-state index in [1.165, 1.54) is 5.56 Å². The summed E-state index contributed by atoms with van der Waals surface area (Å²) in [6.07, 6.45) is 1.11. The molecule has 1 fully saturated rings. The largest absolute Gasteiger partial charge is 0.481 e. The molecule has 1 aromatic rings. The first-order valence-corrected chi connectivity index (χ1v) is 6.33. The van der Waals surface area contributed by atoms with Crippen molar-refractivity contribution in [1.82, 2.24) is 4.90 Å². The summed E-state index contributed by atoms with van der Waals surface area (Å²) in [7, 11) is 0. The molecule has 0 saturated carbocycles. The van der Waals surface area contributed by atoms with Crippen LogP contribution in [0.4, 0.5) is 0 Å². The van der Waals surface area contributed by atoms with Crippen LogP contribution in [-0.4, -0.2) is 41.8 Å². The fourth-order valence-corrected chi connectivity index (χ4v) is 2.29. The van der Waals surface area contributed by atoms with Gasteiger partial charge in [0, 0.05) is 25.7 Å². The smallest absolute Gasteiger partial charge is 0.305 e. The van der Waals surface area contributed by atoms with Crippen molar-refractivity contribution in [2.75, 3.05) is 19.8 Å². The van der Waals surface area contributed by atoms with Crippen LogP contribution in [0, 0.1) is 0 Å². The zero-order valence-electron chi connectivity index (χ0n) is 10.4. The summed E-state index contributed by atoms with van der Waals surface area (Å²) in [6, 6.07) is 10.1. The Morgan fingerprint density at radius 3 is 2.89 bits per heavy atom. The third kappa shape index (κ3) is 3.82. The van der Waals surface area contributed by atoms with Crippen LogP contribution in [0.15, 0.2) is 30.3 Å². The second kappa shape index (κ2) is 6.52. The molecule has 0 aliphatic carbocycles. The number of benzene rings is 1. The summed E-state index contributed by atoms with van der Waals surface area (Å²) >= 11 is 0. The summed E-state index contributed by atoms with van der Waals surface area (Å²) in [5.41, 5.74) is 1.22. The van der Waals surface area contributed by atoms with Crippen molar-refractivity contribution in [2.45, 2.75) is 25.4 Å². The number of hydrogen-bond donors (Lipinski definition) is 1. The predicted octanol–water partition coefficient (Wildman–Crippen LogP) is 1.75. The molecule has 0 aromatic heterocycles. The maximum absolute atomic E-state index is 10.9. The summed E-state index contributed by atoms with van der Waals surface area (Å²) in [5.74, 6) is -0.761. The molecule has 0 amide bonds. The van der Waals surface area contributed by atoms with Crippen molar-refractivity contribution in [3.05, 3.63) is 35.9 Å². The van der Waals surface area contributed by atoms with E-state index < -0.39 is 5.97 Å². The fourth-order valence-electron chi connectivity index (χ4n) is 2.29.